The molecule has 0 N–H and O–H groups in total. The van der Waals surface area contributed by atoms with Crippen molar-refractivity contribution in [2.24, 2.45) is 18.9 Å². The molecular weight excluding hydrogens is 260 g/mol. The van der Waals surface area contributed by atoms with Gasteiger partial charge in [-0.1, -0.05) is 13.3 Å². The molecule has 104 valence electrons. The number of rotatable bonds is 3. The van der Waals surface area contributed by atoms with Crippen LogP contribution < -0.4 is 0 Å². The lowest BCUT2D eigenvalue weighted by atomic mass is 10.1. The van der Waals surface area contributed by atoms with Crippen molar-refractivity contribution in [3.8, 4) is 0 Å². The van der Waals surface area contributed by atoms with Gasteiger partial charge in [0, 0.05) is 13.6 Å². The van der Waals surface area contributed by atoms with Gasteiger partial charge in [-0.25, -0.2) is 4.98 Å². The van der Waals surface area contributed by atoms with Crippen LogP contribution in [0.25, 0.3) is 11.2 Å². The molecule has 0 saturated heterocycles. The van der Waals surface area contributed by atoms with Crippen molar-refractivity contribution >= 4 is 22.8 Å². The number of halogens is 1. The molecule has 2 aromatic heterocycles. The van der Waals surface area contributed by atoms with E-state index in [9.17, 15) is 0 Å². The van der Waals surface area contributed by atoms with Crippen LogP contribution in [0.3, 0.4) is 0 Å². The molecule has 2 atom stereocenters. The van der Waals surface area contributed by atoms with Crippen molar-refractivity contribution in [3.05, 3.63) is 11.5 Å². The van der Waals surface area contributed by atoms with Gasteiger partial charge in [0.15, 0.2) is 5.65 Å². The van der Waals surface area contributed by atoms with Crippen molar-refractivity contribution in [2.45, 2.75) is 45.5 Å². The number of imidazole rings is 1. The van der Waals surface area contributed by atoms with E-state index in [0.717, 1.165) is 41.1 Å². The van der Waals surface area contributed by atoms with Gasteiger partial charge in [0.05, 0.1) is 11.6 Å². The highest BCUT2D eigenvalue weighted by atomic mass is 35.5. The number of hydrogen-bond donors (Lipinski definition) is 0. The molecule has 1 fully saturated rings. The second kappa shape index (κ2) is 4.82. The third kappa shape index (κ3) is 2.16. The average Bonchev–Trinajstić information content (AvgIpc) is 3.00. The Balaban J connectivity index is 2.00. The number of aryl methyl sites for hydroxylation is 2. The van der Waals surface area contributed by atoms with E-state index < -0.39 is 0 Å². The van der Waals surface area contributed by atoms with Crippen LogP contribution in [0.2, 0.25) is 0 Å². The number of aromatic nitrogens is 4. The third-order valence-corrected chi connectivity index (χ3v) is 4.57. The summed E-state index contributed by atoms with van der Waals surface area (Å²) < 4.78 is 4.22. The Morgan fingerprint density at radius 3 is 2.79 bits per heavy atom. The lowest BCUT2D eigenvalue weighted by molar-refractivity contribution is 0.437. The normalized spacial score (nSPS) is 23.6. The Morgan fingerprint density at radius 1 is 1.37 bits per heavy atom. The minimum absolute atomic E-state index is 0.469. The smallest absolute Gasteiger partial charge is 0.158 e. The van der Waals surface area contributed by atoms with Gasteiger partial charge in [0.2, 0.25) is 0 Å². The minimum atomic E-state index is 0.469. The predicted octanol–water partition coefficient (Wildman–Crippen LogP) is 3.25. The topological polar surface area (TPSA) is 35.6 Å². The highest BCUT2D eigenvalue weighted by Crippen LogP contribution is 2.33. The van der Waals surface area contributed by atoms with Gasteiger partial charge in [0.25, 0.3) is 0 Å². The number of fused-ring (bicyclic) bond motifs is 1. The summed E-state index contributed by atoms with van der Waals surface area (Å²) in [6.07, 6.45) is 3.99. The molecule has 1 aliphatic carbocycles. The van der Waals surface area contributed by atoms with E-state index in [-0.39, 0.29) is 0 Å². The maximum atomic E-state index is 6.07. The van der Waals surface area contributed by atoms with E-state index in [0.29, 0.717) is 5.88 Å². The second-order valence-electron chi connectivity index (χ2n) is 5.94. The standard InChI is InChI=1S/C14H21ClN4/c1-9-4-5-11(6-9)8-19-12(7-15)16-13-10(2)17-18(3)14(13)19/h9,11H,4-8H2,1-3H3. The Morgan fingerprint density at radius 2 is 2.16 bits per heavy atom. The summed E-state index contributed by atoms with van der Waals surface area (Å²) in [6.45, 7) is 5.39. The monoisotopic (exact) mass is 280 g/mol. The van der Waals surface area contributed by atoms with E-state index in [2.05, 4.69) is 21.6 Å². The van der Waals surface area contributed by atoms with E-state index in [1.54, 1.807) is 0 Å². The van der Waals surface area contributed by atoms with Crippen molar-refractivity contribution in [1.82, 2.24) is 19.3 Å². The van der Waals surface area contributed by atoms with E-state index >= 15 is 0 Å². The molecule has 0 aromatic carbocycles. The first-order valence-corrected chi connectivity index (χ1v) is 7.58. The van der Waals surface area contributed by atoms with Crippen LogP contribution in [-0.4, -0.2) is 19.3 Å². The van der Waals surface area contributed by atoms with Gasteiger partial charge in [-0.15, -0.1) is 11.6 Å². The Hall–Kier alpha value is -1.03. The zero-order valence-corrected chi connectivity index (χ0v) is 12.6. The molecule has 5 heteroatoms. The van der Waals surface area contributed by atoms with E-state index in [1.165, 1.54) is 19.3 Å². The Bertz CT molecular complexity index is 598. The molecule has 0 aliphatic heterocycles. The lowest BCUT2D eigenvalue weighted by Crippen LogP contribution is -2.12. The summed E-state index contributed by atoms with van der Waals surface area (Å²) in [5.74, 6) is 3.06. The van der Waals surface area contributed by atoms with Crippen molar-refractivity contribution in [3.63, 3.8) is 0 Å². The maximum absolute atomic E-state index is 6.07. The third-order valence-electron chi connectivity index (χ3n) is 4.33. The molecular formula is C14H21ClN4. The SMILES string of the molecule is Cc1nn(C)c2c1nc(CCl)n2CC1CCC(C)C1. The number of nitrogens with zero attached hydrogens (tertiary/aromatic N) is 4. The first-order chi connectivity index (χ1) is 9.10. The molecule has 2 heterocycles. The van der Waals surface area contributed by atoms with Gasteiger partial charge < -0.3 is 4.57 Å². The van der Waals surface area contributed by atoms with Crippen LogP contribution in [0.5, 0.6) is 0 Å². The summed E-state index contributed by atoms with van der Waals surface area (Å²) >= 11 is 6.07. The molecule has 2 aromatic rings. The summed E-state index contributed by atoms with van der Waals surface area (Å²) in [6, 6.07) is 0. The zero-order chi connectivity index (χ0) is 13.6. The fraction of sp³-hybridized carbons (Fsp3) is 0.714. The molecule has 19 heavy (non-hydrogen) atoms. The fourth-order valence-corrected chi connectivity index (χ4v) is 3.63. The van der Waals surface area contributed by atoms with Crippen LogP contribution >= 0.6 is 11.6 Å². The predicted molar refractivity (Wildman–Crippen MR) is 77.3 cm³/mol. The second-order valence-corrected chi connectivity index (χ2v) is 6.21. The first kappa shape index (κ1) is 13.0. The molecule has 1 aliphatic rings. The number of alkyl halides is 1. The molecule has 0 amide bonds. The molecule has 4 nitrogen and oxygen atoms in total. The maximum Gasteiger partial charge on any atom is 0.158 e. The van der Waals surface area contributed by atoms with E-state index in [4.69, 9.17) is 11.6 Å². The summed E-state index contributed by atoms with van der Waals surface area (Å²) in [5.41, 5.74) is 3.11. The number of hydrogen-bond acceptors (Lipinski definition) is 2. The summed E-state index contributed by atoms with van der Waals surface area (Å²) in [7, 11) is 1.99. The molecule has 2 unspecified atom stereocenters. The van der Waals surface area contributed by atoms with Gasteiger partial charge in [-0.3, -0.25) is 4.68 Å². The van der Waals surface area contributed by atoms with Crippen molar-refractivity contribution in [2.75, 3.05) is 0 Å². The quantitative estimate of drug-likeness (QED) is 0.809. The molecule has 0 bridgehead atoms. The van der Waals surface area contributed by atoms with Crippen LogP contribution in [0.1, 0.15) is 37.7 Å². The van der Waals surface area contributed by atoms with Crippen LogP contribution in [0, 0.1) is 18.8 Å². The largest absolute Gasteiger partial charge is 0.312 e. The van der Waals surface area contributed by atoms with Crippen molar-refractivity contribution in [1.29, 1.82) is 0 Å². The Labute approximate surface area is 118 Å². The fourth-order valence-electron chi connectivity index (χ4n) is 3.42. The molecule has 3 rings (SSSR count). The first-order valence-electron chi connectivity index (χ1n) is 7.04. The Kier molecular flexibility index (Phi) is 3.29. The van der Waals surface area contributed by atoms with Gasteiger partial charge in [-0.2, -0.15) is 5.10 Å². The molecule has 0 spiro atoms. The van der Waals surface area contributed by atoms with Crippen LogP contribution in [-0.2, 0) is 19.5 Å². The summed E-state index contributed by atoms with van der Waals surface area (Å²) in [5, 5.41) is 4.47. The highest BCUT2D eigenvalue weighted by molar-refractivity contribution is 6.16. The van der Waals surface area contributed by atoms with Crippen LogP contribution in [0.15, 0.2) is 0 Å². The van der Waals surface area contributed by atoms with Crippen molar-refractivity contribution < 1.29 is 0 Å². The molecule has 1 saturated carbocycles. The zero-order valence-electron chi connectivity index (χ0n) is 11.9. The average molecular weight is 281 g/mol. The minimum Gasteiger partial charge on any atom is -0.312 e. The van der Waals surface area contributed by atoms with Crippen LogP contribution in [0.4, 0.5) is 0 Å². The van der Waals surface area contributed by atoms with Gasteiger partial charge >= 0.3 is 0 Å². The highest BCUT2D eigenvalue weighted by Gasteiger charge is 2.24. The van der Waals surface area contributed by atoms with Gasteiger partial charge in [-0.05, 0) is 31.6 Å². The molecule has 0 radical (unpaired) electrons. The lowest BCUT2D eigenvalue weighted by Gasteiger charge is -2.13. The van der Waals surface area contributed by atoms with E-state index in [1.807, 2.05) is 18.7 Å². The van der Waals surface area contributed by atoms with Gasteiger partial charge in [0.1, 0.15) is 11.3 Å². The summed E-state index contributed by atoms with van der Waals surface area (Å²) in [4.78, 5) is 4.66.